The van der Waals surface area contributed by atoms with Gasteiger partial charge in [0.2, 0.25) is 0 Å². The van der Waals surface area contributed by atoms with Gasteiger partial charge in [-0.3, -0.25) is 0 Å². The minimum absolute atomic E-state index is 0.220. The van der Waals surface area contributed by atoms with Crippen LogP contribution in [0.1, 0.15) is 51.4 Å². The maximum atomic E-state index is 12.4. The van der Waals surface area contributed by atoms with Crippen LogP contribution in [0.25, 0.3) is 0 Å². The molecule has 0 radical (unpaired) electrons. The highest BCUT2D eigenvalue weighted by molar-refractivity contribution is 5.78. The lowest BCUT2D eigenvalue weighted by Crippen LogP contribution is -2.53. The largest absolute Gasteiger partial charge is 0.333 e. The summed E-state index contributed by atoms with van der Waals surface area (Å²) in [5.74, 6) is 0. The van der Waals surface area contributed by atoms with Crippen molar-refractivity contribution in [3.05, 3.63) is 0 Å². The molecule has 0 spiro atoms. The highest BCUT2D eigenvalue weighted by Crippen LogP contribution is 2.32. The Morgan fingerprint density at radius 1 is 0.864 bits per heavy atom. The molecule has 124 valence electrons. The van der Waals surface area contributed by atoms with Gasteiger partial charge in [0.05, 0.1) is 12.1 Å². The lowest BCUT2D eigenvalue weighted by atomic mass is 9.89. The third-order valence-electron chi connectivity index (χ3n) is 6.35. The minimum Gasteiger partial charge on any atom is -0.333 e. The molecule has 0 aromatic carbocycles. The first-order valence-corrected chi connectivity index (χ1v) is 9.36. The molecule has 0 bridgehead atoms. The summed E-state index contributed by atoms with van der Waals surface area (Å²) in [6.07, 6.45) is 9.88. The van der Waals surface area contributed by atoms with Crippen LogP contribution < -0.4 is 10.6 Å². The second kappa shape index (κ2) is 6.36. The smallest absolute Gasteiger partial charge is 0.318 e. The first kappa shape index (κ1) is 14.8. The minimum atomic E-state index is 0.220. The Morgan fingerprint density at radius 2 is 1.59 bits per heavy atom. The zero-order valence-electron chi connectivity index (χ0n) is 13.6. The topological polar surface area (TPSA) is 47.6 Å². The van der Waals surface area contributed by atoms with E-state index >= 15 is 0 Å². The van der Waals surface area contributed by atoms with Gasteiger partial charge < -0.3 is 20.4 Å². The first-order valence-electron chi connectivity index (χ1n) is 9.36. The number of piperidine rings is 2. The molecule has 4 fully saturated rings. The van der Waals surface area contributed by atoms with Gasteiger partial charge >= 0.3 is 6.03 Å². The van der Waals surface area contributed by atoms with E-state index in [9.17, 15) is 4.79 Å². The molecular formula is C17H30N4O. The fourth-order valence-electron chi connectivity index (χ4n) is 5.13. The van der Waals surface area contributed by atoms with Crippen molar-refractivity contribution in [3.63, 3.8) is 0 Å². The fourth-order valence-corrected chi connectivity index (χ4v) is 5.13. The molecule has 0 aromatic rings. The quantitative estimate of drug-likeness (QED) is 0.813. The monoisotopic (exact) mass is 306 g/mol. The number of hydrogen-bond acceptors (Lipinski definition) is 3. The van der Waals surface area contributed by atoms with E-state index in [1.807, 2.05) is 0 Å². The summed E-state index contributed by atoms with van der Waals surface area (Å²) < 4.78 is 0. The van der Waals surface area contributed by atoms with E-state index in [1.54, 1.807) is 0 Å². The number of carbonyl (C=O) groups is 1. The van der Waals surface area contributed by atoms with Crippen LogP contribution in [-0.4, -0.2) is 66.2 Å². The maximum Gasteiger partial charge on any atom is 0.318 e. The van der Waals surface area contributed by atoms with E-state index in [0.29, 0.717) is 18.1 Å². The molecule has 3 heterocycles. The number of carbonyl (C=O) groups excluding carboxylic acids is 1. The second-order valence-electron chi connectivity index (χ2n) is 7.56. The average Bonchev–Trinajstić information content (AvgIpc) is 2.91. The molecule has 2 atom stereocenters. The summed E-state index contributed by atoms with van der Waals surface area (Å²) >= 11 is 0. The molecule has 0 aromatic heterocycles. The van der Waals surface area contributed by atoms with Crippen LogP contribution in [0.2, 0.25) is 0 Å². The number of nitrogens with one attached hydrogen (secondary N) is 2. The van der Waals surface area contributed by atoms with Gasteiger partial charge in [-0.2, -0.15) is 0 Å². The van der Waals surface area contributed by atoms with Gasteiger partial charge in [-0.15, -0.1) is 0 Å². The molecule has 22 heavy (non-hydrogen) atoms. The lowest BCUT2D eigenvalue weighted by molar-refractivity contribution is 0.0725. The van der Waals surface area contributed by atoms with Crippen LogP contribution in [-0.2, 0) is 0 Å². The molecule has 0 unspecified atom stereocenters. The number of nitrogens with zero attached hydrogens (tertiary/aromatic N) is 2. The van der Waals surface area contributed by atoms with Crippen molar-refractivity contribution in [3.8, 4) is 0 Å². The SMILES string of the molecule is O=C1N[C@@H]2CCCC[C@@H]2N1C1CCN(C2CCNCC2)CC1. The molecule has 5 heteroatoms. The number of urea groups is 1. The van der Waals surface area contributed by atoms with E-state index in [-0.39, 0.29) is 6.03 Å². The molecular weight excluding hydrogens is 276 g/mol. The molecule has 1 saturated carbocycles. The van der Waals surface area contributed by atoms with Gasteiger partial charge in [-0.05, 0) is 51.6 Å². The molecule has 4 aliphatic rings. The Labute approximate surface area is 133 Å². The highest BCUT2D eigenvalue weighted by Gasteiger charge is 2.44. The van der Waals surface area contributed by atoms with Crippen molar-refractivity contribution in [2.24, 2.45) is 0 Å². The van der Waals surface area contributed by atoms with E-state index in [2.05, 4.69) is 20.4 Å². The summed E-state index contributed by atoms with van der Waals surface area (Å²) in [5.41, 5.74) is 0. The fraction of sp³-hybridized carbons (Fsp3) is 0.941. The van der Waals surface area contributed by atoms with Crippen molar-refractivity contribution < 1.29 is 4.79 Å². The molecule has 5 nitrogen and oxygen atoms in total. The number of fused-ring (bicyclic) bond motifs is 1. The van der Waals surface area contributed by atoms with Crippen LogP contribution in [0, 0.1) is 0 Å². The lowest BCUT2D eigenvalue weighted by Gasteiger charge is -2.43. The van der Waals surface area contributed by atoms with Crippen LogP contribution in [0.5, 0.6) is 0 Å². The Morgan fingerprint density at radius 3 is 2.36 bits per heavy atom. The number of amides is 2. The van der Waals surface area contributed by atoms with Crippen molar-refractivity contribution in [1.29, 1.82) is 0 Å². The van der Waals surface area contributed by atoms with Crippen molar-refractivity contribution in [2.45, 2.75) is 75.5 Å². The van der Waals surface area contributed by atoms with E-state index in [1.165, 1.54) is 77.5 Å². The van der Waals surface area contributed by atoms with Gasteiger partial charge in [0.25, 0.3) is 0 Å². The summed E-state index contributed by atoms with van der Waals surface area (Å²) in [5, 5.41) is 6.70. The molecule has 2 amide bonds. The Bertz CT molecular complexity index is 401. The van der Waals surface area contributed by atoms with Gasteiger partial charge in [-0.25, -0.2) is 4.79 Å². The van der Waals surface area contributed by atoms with Crippen molar-refractivity contribution in [1.82, 2.24) is 20.4 Å². The summed E-state index contributed by atoms with van der Waals surface area (Å²) in [6, 6.07) is 2.39. The van der Waals surface area contributed by atoms with Gasteiger partial charge in [0, 0.05) is 25.2 Å². The molecule has 3 aliphatic heterocycles. The molecule has 3 saturated heterocycles. The predicted molar refractivity (Wildman–Crippen MR) is 86.9 cm³/mol. The van der Waals surface area contributed by atoms with Crippen molar-refractivity contribution in [2.75, 3.05) is 26.2 Å². The summed E-state index contributed by atoms with van der Waals surface area (Å²) in [4.78, 5) is 17.3. The standard InChI is InChI=1S/C17H30N4O/c22-17-19-15-3-1-2-4-16(15)21(17)14-7-11-20(12-8-14)13-5-9-18-10-6-13/h13-16,18H,1-12H2,(H,19,22)/t15-,16+/m1/s1. The second-order valence-corrected chi connectivity index (χ2v) is 7.56. The third-order valence-corrected chi connectivity index (χ3v) is 6.35. The van der Waals surface area contributed by atoms with Crippen LogP contribution in [0.4, 0.5) is 4.79 Å². The molecule has 2 N–H and O–H groups in total. The van der Waals surface area contributed by atoms with Crippen LogP contribution in [0.3, 0.4) is 0 Å². The zero-order valence-corrected chi connectivity index (χ0v) is 13.6. The Hall–Kier alpha value is -0.810. The van der Waals surface area contributed by atoms with E-state index in [0.717, 1.165) is 6.04 Å². The number of likely N-dealkylation sites (tertiary alicyclic amines) is 1. The average molecular weight is 306 g/mol. The Balaban J connectivity index is 1.35. The third kappa shape index (κ3) is 2.73. The van der Waals surface area contributed by atoms with Gasteiger partial charge in [0.1, 0.15) is 0 Å². The highest BCUT2D eigenvalue weighted by atomic mass is 16.2. The molecule has 1 aliphatic carbocycles. The molecule has 4 rings (SSSR count). The van der Waals surface area contributed by atoms with E-state index < -0.39 is 0 Å². The van der Waals surface area contributed by atoms with Gasteiger partial charge in [-0.1, -0.05) is 12.8 Å². The number of rotatable bonds is 2. The van der Waals surface area contributed by atoms with Crippen LogP contribution >= 0.6 is 0 Å². The predicted octanol–water partition coefficient (Wildman–Crippen LogP) is 1.54. The van der Waals surface area contributed by atoms with E-state index in [4.69, 9.17) is 0 Å². The Kier molecular flexibility index (Phi) is 4.27. The summed E-state index contributed by atoms with van der Waals surface area (Å²) in [7, 11) is 0. The van der Waals surface area contributed by atoms with Gasteiger partial charge in [0.15, 0.2) is 0 Å². The summed E-state index contributed by atoms with van der Waals surface area (Å²) in [6.45, 7) is 4.69. The first-order chi connectivity index (χ1) is 10.8. The van der Waals surface area contributed by atoms with Crippen molar-refractivity contribution >= 4 is 6.03 Å². The normalized spacial score (nSPS) is 35.5. The zero-order chi connectivity index (χ0) is 14.9. The van der Waals surface area contributed by atoms with Crippen LogP contribution in [0.15, 0.2) is 0 Å². The number of hydrogen-bond donors (Lipinski definition) is 2. The maximum absolute atomic E-state index is 12.4.